The molecule has 0 aromatic heterocycles. The summed E-state index contributed by atoms with van der Waals surface area (Å²) in [7, 11) is -3.77. The van der Waals surface area contributed by atoms with Gasteiger partial charge in [-0.05, 0) is 63.1 Å². The molecule has 0 saturated carbocycles. The molecule has 3 N–H and O–H groups in total. The van der Waals surface area contributed by atoms with E-state index in [-0.39, 0.29) is 16.8 Å². The lowest BCUT2D eigenvalue weighted by atomic mass is 10.1. The van der Waals surface area contributed by atoms with Crippen molar-refractivity contribution in [3.8, 4) is 0 Å². The molecule has 0 bridgehead atoms. The first-order valence-electron chi connectivity index (χ1n) is 9.07. The number of carbonyl (C=O) groups excluding carboxylic acids is 1. The van der Waals surface area contributed by atoms with Crippen LogP contribution >= 0.6 is 0 Å². The molecule has 1 heterocycles. The standard InChI is InChI=1S/C20H25N3O3S/c1-14-5-8-16(9-6-14)23-27(25,26)18-10-7-15(2)19(12-18)20(24)22-13-17-4-3-11-21-17/h5-10,12,17,21,23H,3-4,11,13H2,1-2H3,(H,22,24). The van der Waals surface area contributed by atoms with Gasteiger partial charge in [0.15, 0.2) is 0 Å². The van der Waals surface area contributed by atoms with Crippen LogP contribution in [0.1, 0.15) is 34.3 Å². The summed E-state index contributed by atoms with van der Waals surface area (Å²) >= 11 is 0. The molecule has 144 valence electrons. The molecule has 7 heteroatoms. The number of aryl methyl sites for hydroxylation is 2. The highest BCUT2D eigenvalue weighted by Gasteiger charge is 2.20. The molecule has 27 heavy (non-hydrogen) atoms. The second-order valence-corrected chi connectivity index (χ2v) is 8.63. The van der Waals surface area contributed by atoms with Gasteiger partial charge < -0.3 is 10.6 Å². The second kappa shape index (κ2) is 8.10. The van der Waals surface area contributed by atoms with Crippen molar-refractivity contribution < 1.29 is 13.2 Å². The molecule has 0 aliphatic carbocycles. The van der Waals surface area contributed by atoms with Crippen molar-refractivity contribution in [1.29, 1.82) is 0 Å². The quantitative estimate of drug-likeness (QED) is 0.711. The predicted molar refractivity (Wildman–Crippen MR) is 107 cm³/mol. The van der Waals surface area contributed by atoms with Crippen LogP contribution in [0.25, 0.3) is 0 Å². The van der Waals surface area contributed by atoms with E-state index in [1.807, 2.05) is 19.1 Å². The summed E-state index contributed by atoms with van der Waals surface area (Å²) < 4.78 is 27.9. The normalized spacial score (nSPS) is 16.9. The van der Waals surface area contributed by atoms with Crippen molar-refractivity contribution in [2.45, 2.75) is 37.6 Å². The van der Waals surface area contributed by atoms with Gasteiger partial charge in [0.05, 0.1) is 4.90 Å². The van der Waals surface area contributed by atoms with Crippen molar-refractivity contribution in [2.24, 2.45) is 0 Å². The highest BCUT2D eigenvalue weighted by Crippen LogP contribution is 2.20. The molecule has 1 atom stereocenters. The minimum absolute atomic E-state index is 0.0674. The number of benzene rings is 2. The van der Waals surface area contributed by atoms with Crippen molar-refractivity contribution in [1.82, 2.24) is 10.6 Å². The summed E-state index contributed by atoms with van der Waals surface area (Å²) in [5.41, 5.74) is 2.64. The van der Waals surface area contributed by atoms with E-state index in [0.717, 1.165) is 30.5 Å². The number of anilines is 1. The van der Waals surface area contributed by atoms with Crippen LogP contribution < -0.4 is 15.4 Å². The van der Waals surface area contributed by atoms with E-state index in [9.17, 15) is 13.2 Å². The minimum Gasteiger partial charge on any atom is -0.350 e. The van der Waals surface area contributed by atoms with Crippen LogP contribution in [0.2, 0.25) is 0 Å². The van der Waals surface area contributed by atoms with Gasteiger partial charge in [0, 0.05) is 23.8 Å². The van der Waals surface area contributed by atoms with Crippen LogP contribution in [0.3, 0.4) is 0 Å². The van der Waals surface area contributed by atoms with Crippen molar-refractivity contribution in [3.63, 3.8) is 0 Å². The molecule has 1 saturated heterocycles. The summed E-state index contributed by atoms with van der Waals surface area (Å²) in [6.45, 7) is 5.24. The molecule has 2 aromatic rings. The van der Waals surface area contributed by atoms with Gasteiger partial charge in [-0.1, -0.05) is 23.8 Å². The Morgan fingerprint density at radius 1 is 1.15 bits per heavy atom. The Kier molecular flexibility index (Phi) is 5.82. The zero-order valence-corrected chi connectivity index (χ0v) is 16.4. The Hall–Kier alpha value is -2.38. The maximum Gasteiger partial charge on any atom is 0.261 e. The zero-order chi connectivity index (χ0) is 19.4. The summed E-state index contributed by atoms with van der Waals surface area (Å²) in [6, 6.07) is 12.0. The number of nitrogens with one attached hydrogen (secondary N) is 3. The third kappa shape index (κ3) is 4.87. The molecule has 2 aromatic carbocycles. The van der Waals surface area contributed by atoms with E-state index in [0.29, 0.717) is 17.8 Å². The molecular formula is C20H25N3O3S. The lowest BCUT2D eigenvalue weighted by Crippen LogP contribution is -2.37. The van der Waals surface area contributed by atoms with Gasteiger partial charge in [0.2, 0.25) is 0 Å². The highest BCUT2D eigenvalue weighted by atomic mass is 32.2. The van der Waals surface area contributed by atoms with Crippen LogP contribution in [0.4, 0.5) is 5.69 Å². The first kappa shape index (κ1) is 19.4. The third-order valence-corrected chi connectivity index (χ3v) is 6.12. The molecule has 0 radical (unpaired) electrons. The Morgan fingerprint density at radius 3 is 2.56 bits per heavy atom. The van der Waals surface area contributed by atoms with Gasteiger partial charge in [-0.3, -0.25) is 9.52 Å². The van der Waals surface area contributed by atoms with Gasteiger partial charge >= 0.3 is 0 Å². The zero-order valence-electron chi connectivity index (χ0n) is 15.6. The highest BCUT2D eigenvalue weighted by molar-refractivity contribution is 7.92. The molecule has 3 rings (SSSR count). The lowest BCUT2D eigenvalue weighted by Gasteiger charge is -2.14. The van der Waals surface area contributed by atoms with Gasteiger partial charge in [0.1, 0.15) is 0 Å². The Balaban J connectivity index is 1.76. The van der Waals surface area contributed by atoms with Crippen LogP contribution in [0, 0.1) is 13.8 Å². The van der Waals surface area contributed by atoms with E-state index in [4.69, 9.17) is 0 Å². The molecule has 1 aliphatic heterocycles. The summed E-state index contributed by atoms with van der Waals surface area (Å²) in [6.07, 6.45) is 2.14. The molecule has 1 amide bonds. The minimum atomic E-state index is -3.77. The summed E-state index contributed by atoms with van der Waals surface area (Å²) in [4.78, 5) is 12.6. The van der Waals surface area contributed by atoms with Crippen LogP contribution in [0.5, 0.6) is 0 Å². The number of amides is 1. The van der Waals surface area contributed by atoms with E-state index < -0.39 is 10.0 Å². The third-order valence-electron chi connectivity index (χ3n) is 4.74. The van der Waals surface area contributed by atoms with Gasteiger partial charge in [-0.15, -0.1) is 0 Å². The number of hydrogen-bond donors (Lipinski definition) is 3. The topological polar surface area (TPSA) is 87.3 Å². The van der Waals surface area contributed by atoms with Crippen molar-refractivity contribution >= 4 is 21.6 Å². The van der Waals surface area contributed by atoms with Crippen molar-refractivity contribution in [3.05, 3.63) is 59.2 Å². The number of hydrogen-bond acceptors (Lipinski definition) is 4. The molecule has 0 spiro atoms. The average Bonchev–Trinajstić information content (AvgIpc) is 3.15. The fraction of sp³-hybridized carbons (Fsp3) is 0.350. The largest absolute Gasteiger partial charge is 0.350 e. The number of carbonyl (C=O) groups is 1. The smallest absolute Gasteiger partial charge is 0.261 e. The van der Waals surface area contributed by atoms with E-state index >= 15 is 0 Å². The number of sulfonamides is 1. The monoisotopic (exact) mass is 387 g/mol. The fourth-order valence-electron chi connectivity index (χ4n) is 3.09. The van der Waals surface area contributed by atoms with Gasteiger partial charge in [-0.2, -0.15) is 0 Å². The average molecular weight is 388 g/mol. The maximum absolute atomic E-state index is 12.7. The molecule has 1 unspecified atom stereocenters. The van der Waals surface area contributed by atoms with Crippen LogP contribution in [-0.4, -0.2) is 33.5 Å². The molecule has 6 nitrogen and oxygen atoms in total. The fourth-order valence-corrected chi connectivity index (χ4v) is 4.18. The van der Waals surface area contributed by atoms with E-state index in [1.165, 1.54) is 12.1 Å². The van der Waals surface area contributed by atoms with Crippen LogP contribution in [0.15, 0.2) is 47.4 Å². The van der Waals surface area contributed by atoms with Crippen LogP contribution in [-0.2, 0) is 10.0 Å². The predicted octanol–water partition coefficient (Wildman–Crippen LogP) is 2.59. The second-order valence-electron chi connectivity index (χ2n) is 6.95. The number of rotatable bonds is 6. The van der Waals surface area contributed by atoms with E-state index in [1.54, 1.807) is 25.1 Å². The summed E-state index contributed by atoms with van der Waals surface area (Å²) in [5, 5.41) is 6.22. The first-order valence-corrected chi connectivity index (χ1v) is 10.6. The van der Waals surface area contributed by atoms with Gasteiger partial charge in [-0.25, -0.2) is 8.42 Å². The van der Waals surface area contributed by atoms with Crippen molar-refractivity contribution in [2.75, 3.05) is 17.8 Å². The SMILES string of the molecule is Cc1ccc(NS(=O)(=O)c2ccc(C)c(C(=O)NCC3CCCN3)c2)cc1. The Labute approximate surface area is 160 Å². The maximum atomic E-state index is 12.7. The first-order chi connectivity index (χ1) is 12.8. The van der Waals surface area contributed by atoms with E-state index in [2.05, 4.69) is 15.4 Å². The lowest BCUT2D eigenvalue weighted by molar-refractivity contribution is 0.0949. The van der Waals surface area contributed by atoms with Gasteiger partial charge in [0.25, 0.3) is 15.9 Å². The summed E-state index contributed by atoms with van der Waals surface area (Å²) in [5.74, 6) is -0.256. The molecule has 1 aliphatic rings. The Morgan fingerprint density at radius 2 is 1.89 bits per heavy atom. The Bertz CT molecular complexity index is 918. The molecule has 1 fully saturated rings. The molecular weight excluding hydrogens is 362 g/mol.